The molecule has 2 heterocycles. The molecule has 5 amide bonds. The van der Waals surface area contributed by atoms with E-state index in [1.165, 1.54) is 35.6 Å². The number of thiophene rings is 1. The maximum atomic E-state index is 12.7. The molecule has 1 aliphatic rings. The number of carbonyl (C=O) groups is 5. The molecule has 1 fully saturated rings. The van der Waals surface area contributed by atoms with Gasteiger partial charge in [-0.15, -0.1) is 11.3 Å². The highest BCUT2D eigenvalue weighted by Gasteiger charge is 2.30. The lowest BCUT2D eigenvalue weighted by Gasteiger charge is -2.14. The summed E-state index contributed by atoms with van der Waals surface area (Å²) < 4.78 is 4.44. The first kappa shape index (κ1) is 21.2. The number of nitrogens with zero attached hydrogens (tertiary/aromatic N) is 1. The molecule has 30 heavy (non-hydrogen) atoms. The molecule has 0 unspecified atom stereocenters. The Kier molecular flexibility index (Phi) is 5.97. The van der Waals surface area contributed by atoms with Crippen LogP contribution in [0.1, 0.15) is 44.0 Å². The van der Waals surface area contributed by atoms with E-state index in [9.17, 15) is 24.0 Å². The number of nitrogens with one attached hydrogen (secondary N) is 2. The van der Waals surface area contributed by atoms with E-state index in [4.69, 9.17) is 0 Å². The minimum atomic E-state index is -0.901. The van der Waals surface area contributed by atoms with Crippen molar-refractivity contribution in [1.82, 2.24) is 5.32 Å². The molecule has 1 saturated heterocycles. The average molecular weight is 429 g/mol. The Morgan fingerprint density at radius 1 is 1.00 bits per heavy atom. The second-order valence-corrected chi connectivity index (χ2v) is 7.78. The summed E-state index contributed by atoms with van der Waals surface area (Å²) in [5.74, 6) is -1.71. The van der Waals surface area contributed by atoms with Crippen molar-refractivity contribution in [1.29, 1.82) is 0 Å². The second-order valence-electron chi connectivity index (χ2n) is 6.56. The third-order valence-electron chi connectivity index (χ3n) is 4.68. The van der Waals surface area contributed by atoms with E-state index in [0.717, 1.165) is 16.9 Å². The second kappa shape index (κ2) is 8.46. The van der Waals surface area contributed by atoms with Gasteiger partial charge in [-0.3, -0.25) is 29.4 Å². The predicted octanol–water partition coefficient (Wildman–Crippen LogP) is 2.77. The molecule has 9 nitrogen and oxygen atoms in total. The van der Waals surface area contributed by atoms with Gasteiger partial charge < -0.3 is 10.1 Å². The Hall–Kier alpha value is -3.53. The van der Waals surface area contributed by atoms with Crippen molar-refractivity contribution in [3.05, 3.63) is 45.8 Å². The molecule has 1 aromatic heterocycles. The summed E-state index contributed by atoms with van der Waals surface area (Å²) in [5, 5.41) is 5.07. The minimum Gasteiger partial charge on any atom is -0.453 e. The summed E-state index contributed by atoms with van der Waals surface area (Å²) in [6.45, 7) is 3.51. The lowest BCUT2D eigenvalue weighted by Crippen LogP contribution is -2.31. The van der Waals surface area contributed by atoms with Gasteiger partial charge in [0.1, 0.15) is 5.00 Å². The van der Waals surface area contributed by atoms with Crippen LogP contribution in [0.15, 0.2) is 24.3 Å². The van der Waals surface area contributed by atoms with Gasteiger partial charge in [-0.1, -0.05) is 0 Å². The zero-order valence-corrected chi connectivity index (χ0v) is 17.3. The Labute approximate surface area is 176 Å². The fraction of sp³-hybridized carbons (Fsp3) is 0.250. The highest BCUT2D eigenvalue weighted by atomic mass is 32.1. The monoisotopic (exact) mass is 429 g/mol. The van der Waals surface area contributed by atoms with E-state index < -0.39 is 17.9 Å². The Morgan fingerprint density at radius 2 is 1.60 bits per heavy atom. The molecule has 0 saturated carbocycles. The number of alkyl carbamates (subject to hydrolysis) is 1. The molecular weight excluding hydrogens is 410 g/mol. The number of hydrogen-bond acceptors (Lipinski definition) is 7. The van der Waals surface area contributed by atoms with Gasteiger partial charge in [0.2, 0.25) is 11.8 Å². The summed E-state index contributed by atoms with van der Waals surface area (Å²) in [6.07, 6.45) is -0.550. The molecular formula is C20H19N3O6S. The number of carbonyl (C=O) groups excluding carboxylic acids is 5. The van der Waals surface area contributed by atoms with Crippen LogP contribution in [-0.4, -0.2) is 36.8 Å². The van der Waals surface area contributed by atoms with Crippen LogP contribution in [0.2, 0.25) is 0 Å². The van der Waals surface area contributed by atoms with Crippen LogP contribution >= 0.6 is 11.3 Å². The van der Waals surface area contributed by atoms with Crippen molar-refractivity contribution in [3.63, 3.8) is 0 Å². The zero-order valence-electron chi connectivity index (χ0n) is 16.5. The van der Waals surface area contributed by atoms with Crippen LogP contribution in [0.4, 0.5) is 15.5 Å². The van der Waals surface area contributed by atoms with Crippen LogP contribution < -0.4 is 15.5 Å². The smallest absolute Gasteiger partial charge is 0.413 e. The Balaban J connectivity index is 1.80. The summed E-state index contributed by atoms with van der Waals surface area (Å²) >= 11 is 1.21. The molecule has 2 N–H and O–H groups in total. The van der Waals surface area contributed by atoms with Crippen LogP contribution in [0.3, 0.4) is 0 Å². The van der Waals surface area contributed by atoms with Gasteiger partial charge in [-0.2, -0.15) is 0 Å². The lowest BCUT2D eigenvalue weighted by molar-refractivity contribution is -0.121. The van der Waals surface area contributed by atoms with E-state index in [0.29, 0.717) is 16.3 Å². The number of hydrogen-bond donors (Lipinski definition) is 2. The predicted molar refractivity (Wildman–Crippen MR) is 110 cm³/mol. The number of anilines is 2. The van der Waals surface area contributed by atoms with E-state index in [1.807, 2.05) is 0 Å². The molecule has 0 spiro atoms. The molecule has 0 aliphatic carbocycles. The fourth-order valence-electron chi connectivity index (χ4n) is 3.00. The van der Waals surface area contributed by atoms with Gasteiger partial charge in [0.05, 0.1) is 18.4 Å². The summed E-state index contributed by atoms with van der Waals surface area (Å²) in [6, 6.07) is 6.02. The summed E-state index contributed by atoms with van der Waals surface area (Å²) in [4.78, 5) is 62.0. The number of methoxy groups -OCH3 is 1. The Morgan fingerprint density at radius 3 is 2.17 bits per heavy atom. The number of benzene rings is 1. The fourth-order valence-corrected chi connectivity index (χ4v) is 4.05. The van der Waals surface area contributed by atoms with Gasteiger partial charge in [0, 0.05) is 23.3 Å². The number of amides is 5. The van der Waals surface area contributed by atoms with Gasteiger partial charge in [0.15, 0.2) is 0 Å². The highest BCUT2D eigenvalue weighted by Crippen LogP contribution is 2.33. The molecule has 10 heteroatoms. The zero-order chi connectivity index (χ0) is 22.0. The SMILES string of the molecule is COC(=O)NC(=O)c1c(NC(=O)c2ccc(N3C(=O)CCC3=O)cc2)sc(C)c1C. The van der Waals surface area contributed by atoms with Crippen LogP contribution in [0.25, 0.3) is 0 Å². The minimum absolute atomic E-state index is 0.175. The van der Waals surface area contributed by atoms with Crippen molar-refractivity contribution >= 4 is 51.7 Å². The molecule has 2 aromatic rings. The molecule has 1 aliphatic heterocycles. The van der Waals surface area contributed by atoms with E-state index in [1.54, 1.807) is 13.8 Å². The Bertz CT molecular complexity index is 1040. The lowest BCUT2D eigenvalue weighted by atomic mass is 10.1. The molecule has 1 aromatic carbocycles. The maximum absolute atomic E-state index is 12.7. The average Bonchev–Trinajstić information content (AvgIpc) is 3.19. The topological polar surface area (TPSA) is 122 Å². The van der Waals surface area contributed by atoms with Crippen molar-refractivity contribution in [2.75, 3.05) is 17.3 Å². The first-order chi connectivity index (χ1) is 14.2. The molecule has 3 rings (SSSR count). The van der Waals surface area contributed by atoms with Crippen molar-refractivity contribution in [3.8, 4) is 0 Å². The van der Waals surface area contributed by atoms with E-state index >= 15 is 0 Å². The van der Waals surface area contributed by atoms with E-state index in [-0.39, 0.29) is 35.8 Å². The summed E-state index contributed by atoms with van der Waals surface area (Å²) in [5.41, 5.74) is 1.50. The van der Waals surface area contributed by atoms with E-state index in [2.05, 4.69) is 15.4 Å². The summed E-state index contributed by atoms with van der Waals surface area (Å²) in [7, 11) is 1.14. The standard InChI is InChI=1S/C20H19N3O6S/c1-10-11(2)30-19(16(10)18(27)22-20(28)29-3)21-17(26)12-4-6-13(7-5-12)23-14(24)8-9-15(23)25/h4-7H,8-9H2,1-3H3,(H,21,26)(H,22,27,28). The van der Waals surface area contributed by atoms with Crippen molar-refractivity contribution in [2.24, 2.45) is 0 Å². The third-order valence-corrected chi connectivity index (χ3v) is 5.80. The van der Waals surface area contributed by atoms with Gasteiger partial charge in [-0.05, 0) is 43.7 Å². The van der Waals surface area contributed by atoms with Gasteiger partial charge >= 0.3 is 6.09 Å². The molecule has 0 radical (unpaired) electrons. The van der Waals surface area contributed by atoms with Crippen LogP contribution in [0.5, 0.6) is 0 Å². The molecule has 0 bridgehead atoms. The maximum Gasteiger partial charge on any atom is 0.413 e. The first-order valence-electron chi connectivity index (χ1n) is 8.99. The molecule has 156 valence electrons. The first-order valence-corrected chi connectivity index (χ1v) is 9.81. The number of imide groups is 2. The van der Waals surface area contributed by atoms with Gasteiger partial charge in [0.25, 0.3) is 11.8 Å². The number of ether oxygens (including phenoxy) is 1. The van der Waals surface area contributed by atoms with Gasteiger partial charge in [-0.25, -0.2) is 4.79 Å². The quantitative estimate of drug-likeness (QED) is 0.721. The largest absolute Gasteiger partial charge is 0.453 e. The van der Waals surface area contributed by atoms with Crippen LogP contribution in [-0.2, 0) is 14.3 Å². The van der Waals surface area contributed by atoms with Crippen molar-refractivity contribution in [2.45, 2.75) is 26.7 Å². The third kappa shape index (κ3) is 4.08. The van der Waals surface area contributed by atoms with Crippen LogP contribution in [0, 0.1) is 13.8 Å². The highest BCUT2D eigenvalue weighted by molar-refractivity contribution is 7.16. The number of rotatable bonds is 4. The normalized spacial score (nSPS) is 13.4. The van der Waals surface area contributed by atoms with Crippen molar-refractivity contribution < 1.29 is 28.7 Å². The molecule has 0 atom stereocenters. The number of aryl methyl sites for hydroxylation is 1.